The van der Waals surface area contributed by atoms with Crippen LogP contribution in [0.1, 0.15) is 30.0 Å². The van der Waals surface area contributed by atoms with Gasteiger partial charge < -0.3 is 10.1 Å². The molecule has 29 heavy (non-hydrogen) atoms. The van der Waals surface area contributed by atoms with E-state index >= 15 is 0 Å². The van der Waals surface area contributed by atoms with Gasteiger partial charge in [-0.15, -0.1) is 0 Å². The third kappa shape index (κ3) is 5.01. The molecule has 0 saturated carbocycles. The van der Waals surface area contributed by atoms with Crippen molar-refractivity contribution in [2.75, 3.05) is 26.8 Å². The minimum Gasteiger partial charge on any atom is -0.385 e. The third-order valence-corrected chi connectivity index (χ3v) is 6.93. The summed E-state index contributed by atoms with van der Waals surface area (Å²) in [5.41, 5.74) is 1.87. The van der Waals surface area contributed by atoms with E-state index in [4.69, 9.17) is 4.74 Å². The molecule has 1 heterocycles. The molecule has 1 N–H and O–H groups in total. The summed E-state index contributed by atoms with van der Waals surface area (Å²) in [5.74, 6) is -0.720. The highest BCUT2D eigenvalue weighted by atomic mass is 32.2. The van der Waals surface area contributed by atoms with E-state index in [9.17, 15) is 17.6 Å². The smallest absolute Gasteiger partial charge is 0.243 e. The molecule has 1 aliphatic rings. The van der Waals surface area contributed by atoms with Crippen LogP contribution in [0.15, 0.2) is 53.4 Å². The van der Waals surface area contributed by atoms with Gasteiger partial charge in [-0.1, -0.05) is 24.3 Å². The lowest BCUT2D eigenvalue weighted by atomic mass is 9.92. The summed E-state index contributed by atoms with van der Waals surface area (Å²) in [7, 11) is -2.28. The zero-order valence-electron chi connectivity index (χ0n) is 16.3. The molecule has 1 aliphatic heterocycles. The lowest BCUT2D eigenvalue weighted by Gasteiger charge is -2.36. The van der Waals surface area contributed by atoms with E-state index in [0.717, 1.165) is 23.3 Å². The van der Waals surface area contributed by atoms with Gasteiger partial charge in [-0.3, -0.25) is 4.79 Å². The van der Waals surface area contributed by atoms with Crippen LogP contribution in [0.5, 0.6) is 0 Å². The molecule has 2 aromatic carbocycles. The number of carbonyl (C=O) groups is 1. The van der Waals surface area contributed by atoms with E-state index in [1.54, 1.807) is 7.11 Å². The summed E-state index contributed by atoms with van der Waals surface area (Å²) >= 11 is 0. The minimum absolute atomic E-state index is 0.0174. The number of halogens is 1. The fourth-order valence-corrected chi connectivity index (χ4v) is 5.17. The molecule has 0 aromatic heterocycles. The molecule has 0 fully saturated rings. The van der Waals surface area contributed by atoms with Crippen molar-refractivity contribution < 1.29 is 22.3 Å². The maximum atomic E-state index is 13.3. The van der Waals surface area contributed by atoms with Crippen molar-refractivity contribution in [1.29, 1.82) is 0 Å². The van der Waals surface area contributed by atoms with Crippen molar-refractivity contribution in [3.8, 4) is 0 Å². The number of nitrogens with zero attached hydrogens (tertiary/aromatic N) is 1. The summed E-state index contributed by atoms with van der Waals surface area (Å²) in [6.45, 7) is 1.27. The Balaban J connectivity index is 1.87. The van der Waals surface area contributed by atoms with Crippen molar-refractivity contribution in [1.82, 2.24) is 9.62 Å². The van der Waals surface area contributed by atoms with Gasteiger partial charge in [-0.05, 0) is 48.2 Å². The molecule has 0 spiro atoms. The van der Waals surface area contributed by atoms with Crippen LogP contribution < -0.4 is 5.32 Å². The molecule has 156 valence electrons. The maximum absolute atomic E-state index is 13.3. The number of benzene rings is 2. The summed E-state index contributed by atoms with van der Waals surface area (Å²) in [6.07, 6.45) is 1.26. The number of sulfonamides is 1. The highest BCUT2D eigenvalue weighted by Crippen LogP contribution is 2.36. The molecule has 1 atom stereocenters. The lowest BCUT2D eigenvalue weighted by molar-refractivity contribution is -0.122. The average molecular weight is 421 g/mol. The molecule has 0 unspecified atom stereocenters. The van der Waals surface area contributed by atoms with Crippen LogP contribution in [-0.2, 0) is 26.0 Å². The highest BCUT2D eigenvalue weighted by Gasteiger charge is 2.37. The van der Waals surface area contributed by atoms with Gasteiger partial charge in [-0.25, -0.2) is 12.8 Å². The Labute approximate surface area is 170 Å². The molecular weight excluding hydrogens is 395 g/mol. The number of carbonyl (C=O) groups excluding carboxylic acids is 1. The topological polar surface area (TPSA) is 75.7 Å². The normalized spacial score (nSPS) is 17.0. The largest absolute Gasteiger partial charge is 0.385 e. The molecule has 3 rings (SSSR count). The summed E-state index contributed by atoms with van der Waals surface area (Å²) < 4.78 is 46.1. The summed E-state index contributed by atoms with van der Waals surface area (Å²) in [4.78, 5) is 12.5. The Morgan fingerprint density at radius 3 is 2.66 bits per heavy atom. The van der Waals surface area contributed by atoms with Crippen LogP contribution in [0, 0.1) is 5.82 Å². The SMILES string of the molecule is COCCCNC(=O)C[C@H]1c2ccccc2CCN1S(=O)(=O)c1ccc(F)cc1. The molecule has 6 nitrogen and oxygen atoms in total. The zero-order chi connectivity index (χ0) is 20.9. The van der Waals surface area contributed by atoms with Crippen LogP contribution in [0.25, 0.3) is 0 Å². The second-order valence-corrected chi connectivity index (χ2v) is 8.83. The van der Waals surface area contributed by atoms with E-state index < -0.39 is 21.9 Å². The monoisotopic (exact) mass is 420 g/mol. The van der Waals surface area contributed by atoms with Crippen LogP contribution >= 0.6 is 0 Å². The second kappa shape index (κ2) is 9.47. The van der Waals surface area contributed by atoms with E-state index in [-0.39, 0.29) is 23.8 Å². The summed E-state index contributed by atoms with van der Waals surface area (Å²) in [5, 5.41) is 2.82. The van der Waals surface area contributed by atoms with Crippen molar-refractivity contribution in [2.45, 2.75) is 30.2 Å². The average Bonchev–Trinajstić information content (AvgIpc) is 2.71. The minimum atomic E-state index is -3.88. The van der Waals surface area contributed by atoms with Gasteiger partial charge in [0.25, 0.3) is 0 Å². The van der Waals surface area contributed by atoms with Gasteiger partial charge >= 0.3 is 0 Å². The van der Waals surface area contributed by atoms with Crippen molar-refractivity contribution in [3.63, 3.8) is 0 Å². The Kier molecular flexibility index (Phi) is 7.00. The van der Waals surface area contributed by atoms with Gasteiger partial charge in [0.15, 0.2) is 0 Å². The molecule has 0 bridgehead atoms. The van der Waals surface area contributed by atoms with Gasteiger partial charge in [0.1, 0.15) is 5.82 Å². The van der Waals surface area contributed by atoms with E-state index in [0.29, 0.717) is 26.0 Å². The number of fused-ring (bicyclic) bond motifs is 1. The number of hydrogen-bond donors (Lipinski definition) is 1. The third-order valence-electron chi connectivity index (χ3n) is 5.01. The lowest BCUT2D eigenvalue weighted by Crippen LogP contribution is -2.42. The van der Waals surface area contributed by atoms with Crippen molar-refractivity contribution >= 4 is 15.9 Å². The Morgan fingerprint density at radius 1 is 1.21 bits per heavy atom. The van der Waals surface area contributed by atoms with Crippen LogP contribution in [0.3, 0.4) is 0 Å². The number of methoxy groups -OCH3 is 1. The van der Waals surface area contributed by atoms with Crippen LogP contribution in [-0.4, -0.2) is 45.4 Å². The number of ether oxygens (including phenoxy) is 1. The zero-order valence-corrected chi connectivity index (χ0v) is 17.1. The predicted molar refractivity (Wildman–Crippen MR) is 107 cm³/mol. The first-order valence-corrected chi connectivity index (χ1v) is 11.0. The standard InChI is InChI=1S/C21H25FN2O4S/c1-28-14-4-12-23-21(25)15-20-19-6-3-2-5-16(19)11-13-24(20)29(26,27)18-9-7-17(22)8-10-18/h2-3,5-10,20H,4,11-15H2,1H3,(H,23,25)/t20-/m0/s1. The highest BCUT2D eigenvalue weighted by molar-refractivity contribution is 7.89. The molecule has 0 aliphatic carbocycles. The quantitative estimate of drug-likeness (QED) is 0.667. The fourth-order valence-electron chi connectivity index (χ4n) is 3.56. The molecular formula is C21H25FN2O4S. The first kappa shape index (κ1) is 21.4. The maximum Gasteiger partial charge on any atom is 0.243 e. The van der Waals surface area contributed by atoms with Gasteiger partial charge in [0.05, 0.1) is 10.9 Å². The van der Waals surface area contributed by atoms with Crippen molar-refractivity contribution in [2.24, 2.45) is 0 Å². The van der Waals surface area contributed by atoms with E-state index in [1.165, 1.54) is 16.4 Å². The Bertz CT molecular complexity index is 947. The number of hydrogen-bond acceptors (Lipinski definition) is 4. The first-order chi connectivity index (χ1) is 13.9. The van der Waals surface area contributed by atoms with Crippen molar-refractivity contribution in [3.05, 3.63) is 65.5 Å². The van der Waals surface area contributed by atoms with E-state index in [1.807, 2.05) is 24.3 Å². The second-order valence-electron chi connectivity index (χ2n) is 6.93. The first-order valence-electron chi connectivity index (χ1n) is 9.54. The predicted octanol–water partition coefficient (Wildman–Crippen LogP) is 2.66. The molecule has 1 amide bonds. The van der Waals surface area contributed by atoms with E-state index in [2.05, 4.69) is 5.32 Å². The van der Waals surface area contributed by atoms with Gasteiger partial charge in [-0.2, -0.15) is 4.31 Å². The van der Waals surface area contributed by atoms with Gasteiger partial charge in [0, 0.05) is 33.2 Å². The Hall–Kier alpha value is -2.29. The van der Waals surface area contributed by atoms with Crippen LogP contribution in [0.4, 0.5) is 4.39 Å². The molecule has 0 saturated heterocycles. The molecule has 8 heteroatoms. The van der Waals surface area contributed by atoms with Gasteiger partial charge in [0.2, 0.25) is 15.9 Å². The fraction of sp³-hybridized carbons (Fsp3) is 0.381. The Morgan fingerprint density at radius 2 is 1.93 bits per heavy atom. The number of nitrogens with one attached hydrogen (secondary N) is 1. The number of rotatable bonds is 8. The van der Waals surface area contributed by atoms with Crippen LogP contribution in [0.2, 0.25) is 0 Å². The number of amides is 1. The molecule has 0 radical (unpaired) electrons. The summed E-state index contributed by atoms with van der Waals surface area (Å²) in [6, 6.07) is 11.7. The molecule has 2 aromatic rings.